The Morgan fingerprint density at radius 3 is 2.95 bits per heavy atom. The molecule has 1 unspecified atom stereocenters. The number of hydrogen-bond acceptors (Lipinski definition) is 7. The van der Waals surface area contributed by atoms with Crippen LogP contribution in [-0.2, 0) is 0 Å². The van der Waals surface area contributed by atoms with Gasteiger partial charge in [-0.15, -0.1) is 0 Å². The second-order valence-corrected chi connectivity index (χ2v) is 4.39. The van der Waals surface area contributed by atoms with Crippen molar-refractivity contribution in [2.45, 2.75) is 6.04 Å². The lowest BCUT2D eigenvalue weighted by atomic mass is 10.2. The molecule has 2 aromatic rings. The molecule has 2 heterocycles. The van der Waals surface area contributed by atoms with Crippen molar-refractivity contribution in [2.24, 2.45) is 5.73 Å². The van der Waals surface area contributed by atoms with Crippen LogP contribution in [0.4, 0.5) is 0 Å². The average Bonchev–Trinajstić information content (AvgIpc) is 2.87. The molecule has 0 aliphatic carbocycles. The van der Waals surface area contributed by atoms with Crippen LogP contribution in [-0.4, -0.2) is 47.8 Å². The van der Waals surface area contributed by atoms with E-state index >= 15 is 0 Å². The van der Waals surface area contributed by atoms with Crippen molar-refractivity contribution < 1.29 is 9.26 Å². The predicted molar refractivity (Wildman–Crippen MR) is 69.6 cm³/mol. The first kappa shape index (κ1) is 13.4. The van der Waals surface area contributed by atoms with Gasteiger partial charge in [-0.2, -0.15) is 4.98 Å². The summed E-state index contributed by atoms with van der Waals surface area (Å²) in [5.41, 5.74) is 6.64. The Morgan fingerprint density at radius 2 is 2.26 bits per heavy atom. The van der Waals surface area contributed by atoms with E-state index in [1.807, 2.05) is 19.0 Å². The molecule has 7 heteroatoms. The van der Waals surface area contributed by atoms with Crippen molar-refractivity contribution >= 4 is 0 Å². The Kier molecular flexibility index (Phi) is 4.08. The van der Waals surface area contributed by atoms with E-state index in [-0.39, 0.29) is 6.04 Å². The molecule has 1 atom stereocenters. The van der Waals surface area contributed by atoms with Crippen molar-refractivity contribution in [1.82, 2.24) is 20.0 Å². The fourth-order valence-electron chi connectivity index (χ4n) is 1.69. The summed E-state index contributed by atoms with van der Waals surface area (Å²) < 4.78 is 10.4. The maximum Gasteiger partial charge on any atom is 0.263 e. The van der Waals surface area contributed by atoms with Crippen molar-refractivity contribution in [3.63, 3.8) is 0 Å². The first-order valence-electron chi connectivity index (χ1n) is 5.85. The highest BCUT2D eigenvalue weighted by Gasteiger charge is 2.18. The SMILES string of the molecule is COc1ncccc1-c1nc(C(N)CN(C)C)no1. The molecule has 7 nitrogen and oxygen atoms in total. The van der Waals surface area contributed by atoms with E-state index in [0.29, 0.717) is 29.7 Å². The second kappa shape index (κ2) is 5.77. The fraction of sp³-hybridized carbons (Fsp3) is 0.417. The van der Waals surface area contributed by atoms with Crippen LogP contribution in [0, 0.1) is 0 Å². The smallest absolute Gasteiger partial charge is 0.263 e. The van der Waals surface area contributed by atoms with E-state index < -0.39 is 0 Å². The Labute approximate surface area is 111 Å². The quantitative estimate of drug-likeness (QED) is 0.849. The maximum atomic E-state index is 5.98. The molecule has 0 radical (unpaired) electrons. The summed E-state index contributed by atoms with van der Waals surface area (Å²) in [5, 5.41) is 3.90. The monoisotopic (exact) mass is 263 g/mol. The average molecular weight is 263 g/mol. The molecule has 0 aromatic carbocycles. The normalized spacial score (nSPS) is 12.7. The highest BCUT2D eigenvalue weighted by molar-refractivity contribution is 5.59. The molecule has 0 bridgehead atoms. The van der Waals surface area contributed by atoms with Crippen LogP contribution in [0.5, 0.6) is 5.88 Å². The minimum absolute atomic E-state index is 0.296. The first-order valence-corrected chi connectivity index (χ1v) is 5.85. The molecule has 0 aliphatic rings. The summed E-state index contributed by atoms with van der Waals surface area (Å²) >= 11 is 0. The van der Waals surface area contributed by atoms with Crippen LogP contribution >= 0.6 is 0 Å². The van der Waals surface area contributed by atoms with Gasteiger partial charge in [-0.05, 0) is 26.2 Å². The molecule has 0 saturated carbocycles. The van der Waals surface area contributed by atoms with E-state index in [1.165, 1.54) is 0 Å². The third kappa shape index (κ3) is 3.07. The van der Waals surface area contributed by atoms with Gasteiger partial charge in [0, 0.05) is 12.7 Å². The van der Waals surface area contributed by atoms with Crippen molar-refractivity contribution in [3.8, 4) is 17.3 Å². The van der Waals surface area contributed by atoms with Gasteiger partial charge in [0.05, 0.1) is 13.2 Å². The zero-order chi connectivity index (χ0) is 13.8. The highest BCUT2D eigenvalue weighted by atomic mass is 16.5. The van der Waals surface area contributed by atoms with E-state index in [1.54, 1.807) is 25.4 Å². The standard InChI is InChI=1S/C12H17N5O2/c1-17(2)7-9(13)10-15-12(19-16-10)8-5-4-6-14-11(8)18-3/h4-6,9H,7,13H2,1-3H3. The predicted octanol–water partition coefficient (Wildman–Crippen LogP) is 0.702. The topological polar surface area (TPSA) is 90.3 Å². The third-order valence-electron chi connectivity index (χ3n) is 2.53. The number of nitrogens with zero attached hydrogens (tertiary/aromatic N) is 4. The Morgan fingerprint density at radius 1 is 1.47 bits per heavy atom. The number of pyridine rings is 1. The lowest BCUT2D eigenvalue weighted by Crippen LogP contribution is -2.26. The molecule has 0 saturated heterocycles. The molecular weight excluding hydrogens is 246 g/mol. The summed E-state index contributed by atoms with van der Waals surface area (Å²) in [5.74, 6) is 1.27. The lowest BCUT2D eigenvalue weighted by Gasteiger charge is -2.12. The summed E-state index contributed by atoms with van der Waals surface area (Å²) in [6.07, 6.45) is 1.64. The third-order valence-corrected chi connectivity index (χ3v) is 2.53. The molecule has 0 aliphatic heterocycles. The van der Waals surface area contributed by atoms with Crippen LogP contribution in [0.3, 0.4) is 0 Å². The van der Waals surface area contributed by atoms with Crippen LogP contribution in [0.2, 0.25) is 0 Å². The van der Waals surface area contributed by atoms with Crippen molar-refractivity contribution in [1.29, 1.82) is 0 Å². The Bertz CT molecular complexity index is 540. The number of rotatable bonds is 5. The summed E-state index contributed by atoms with van der Waals surface area (Å²) in [6.45, 7) is 0.642. The largest absolute Gasteiger partial charge is 0.480 e. The van der Waals surface area contributed by atoms with Gasteiger partial charge in [0.15, 0.2) is 5.82 Å². The summed E-state index contributed by atoms with van der Waals surface area (Å²) in [4.78, 5) is 10.3. The van der Waals surface area contributed by atoms with Gasteiger partial charge in [-0.1, -0.05) is 5.16 Å². The van der Waals surface area contributed by atoms with E-state index in [2.05, 4.69) is 15.1 Å². The number of aromatic nitrogens is 3. The summed E-state index contributed by atoms with van der Waals surface area (Å²) in [7, 11) is 5.41. The van der Waals surface area contributed by atoms with Gasteiger partial charge in [0.1, 0.15) is 5.56 Å². The molecule has 102 valence electrons. The van der Waals surface area contributed by atoms with Gasteiger partial charge >= 0.3 is 0 Å². The van der Waals surface area contributed by atoms with Crippen LogP contribution < -0.4 is 10.5 Å². The van der Waals surface area contributed by atoms with Gasteiger partial charge in [-0.25, -0.2) is 4.98 Å². The van der Waals surface area contributed by atoms with Crippen LogP contribution in [0.15, 0.2) is 22.9 Å². The number of methoxy groups -OCH3 is 1. The number of ether oxygens (including phenoxy) is 1. The van der Waals surface area contributed by atoms with Crippen molar-refractivity contribution in [2.75, 3.05) is 27.7 Å². The second-order valence-electron chi connectivity index (χ2n) is 4.39. The van der Waals surface area contributed by atoms with Crippen molar-refractivity contribution in [3.05, 3.63) is 24.2 Å². The zero-order valence-corrected chi connectivity index (χ0v) is 11.2. The van der Waals surface area contributed by atoms with E-state index in [0.717, 1.165) is 0 Å². The van der Waals surface area contributed by atoms with Gasteiger partial charge in [0.25, 0.3) is 5.89 Å². The highest BCUT2D eigenvalue weighted by Crippen LogP contribution is 2.26. The minimum Gasteiger partial charge on any atom is -0.480 e. The molecule has 2 rings (SSSR count). The maximum absolute atomic E-state index is 5.98. The Balaban J connectivity index is 2.25. The zero-order valence-electron chi connectivity index (χ0n) is 11.2. The Hall–Kier alpha value is -1.99. The van der Waals surface area contributed by atoms with E-state index in [4.69, 9.17) is 15.0 Å². The molecular formula is C12H17N5O2. The van der Waals surface area contributed by atoms with E-state index in [9.17, 15) is 0 Å². The number of hydrogen-bond donors (Lipinski definition) is 1. The number of nitrogens with two attached hydrogens (primary N) is 1. The van der Waals surface area contributed by atoms with Crippen LogP contribution in [0.1, 0.15) is 11.9 Å². The molecule has 2 N–H and O–H groups in total. The molecule has 0 fully saturated rings. The van der Waals surface area contributed by atoms with Gasteiger partial charge in [-0.3, -0.25) is 0 Å². The molecule has 0 spiro atoms. The number of likely N-dealkylation sites (N-methyl/N-ethyl adjacent to an activating group) is 1. The van der Waals surface area contributed by atoms with Gasteiger partial charge in [0.2, 0.25) is 5.88 Å². The first-order chi connectivity index (χ1) is 9.11. The van der Waals surface area contributed by atoms with Gasteiger partial charge < -0.3 is 19.9 Å². The molecule has 0 amide bonds. The minimum atomic E-state index is -0.296. The fourth-order valence-corrected chi connectivity index (χ4v) is 1.69. The summed E-state index contributed by atoms with van der Waals surface area (Å²) in [6, 6.07) is 3.29. The molecule has 19 heavy (non-hydrogen) atoms. The molecule has 2 aromatic heterocycles. The van der Waals surface area contributed by atoms with Crippen LogP contribution in [0.25, 0.3) is 11.5 Å². The lowest BCUT2D eigenvalue weighted by molar-refractivity contribution is 0.356.